The summed E-state index contributed by atoms with van der Waals surface area (Å²) in [7, 11) is 1.55. The van der Waals surface area contributed by atoms with E-state index < -0.39 is 5.97 Å². The average molecular weight is 246 g/mol. The fourth-order valence-corrected chi connectivity index (χ4v) is 1.16. The second-order valence-corrected chi connectivity index (χ2v) is 3.45. The number of ether oxygens (including phenoxy) is 2. The van der Waals surface area contributed by atoms with Crippen molar-refractivity contribution in [3.63, 3.8) is 0 Å². The number of methoxy groups -OCH3 is 1. The molecule has 0 aliphatic carbocycles. The molecule has 2 amide bonds. The zero-order chi connectivity index (χ0) is 13.1. The Balaban J connectivity index is 4.20. The second kappa shape index (κ2) is 9.89. The Hall–Kier alpha value is -1.30. The van der Waals surface area contributed by atoms with E-state index in [1.165, 1.54) is 4.90 Å². The van der Waals surface area contributed by atoms with Crippen LogP contribution in [0.15, 0.2) is 0 Å². The highest BCUT2D eigenvalue weighted by molar-refractivity contribution is 5.80. The minimum atomic E-state index is -0.407. The number of hydrogen-bond donors (Lipinski definition) is 1. The average Bonchev–Trinajstić information content (AvgIpc) is 2.31. The van der Waals surface area contributed by atoms with Crippen molar-refractivity contribution in [2.24, 2.45) is 0 Å². The van der Waals surface area contributed by atoms with Crippen molar-refractivity contribution < 1.29 is 19.1 Å². The molecule has 0 radical (unpaired) electrons. The molecule has 0 rings (SSSR count). The molecule has 0 spiro atoms. The molecule has 0 saturated heterocycles. The lowest BCUT2D eigenvalue weighted by Crippen LogP contribution is -2.44. The van der Waals surface area contributed by atoms with Crippen LogP contribution in [-0.4, -0.2) is 56.9 Å². The van der Waals surface area contributed by atoms with E-state index in [-0.39, 0.29) is 12.6 Å². The molecule has 0 bridgehead atoms. The Morgan fingerprint density at radius 3 is 2.53 bits per heavy atom. The third-order valence-corrected chi connectivity index (χ3v) is 2.00. The minimum absolute atomic E-state index is 0.0489. The highest BCUT2D eigenvalue weighted by Gasteiger charge is 2.16. The second-order valence-electron chi connectivity index (χ2n) is 3.45. The summed E-state index contributed by atoms with van der Waals surface area (Å²) >= 11 is 0. The van der Waals surface area contributed by atoms with E-state index in [1.807, 2.05) is 6.92 Å². The molecule has 0 heterocycles. The Morgan fingerprint density at radius 1 is 1.29 bits per heavy atom. The number of carbonyl (C=O) groups is 2. The van der Waals surface area contributed by atoms with Crippen LogP contribution in [0.4, 0.5) is 4.79 Å². The van der Waals surface area contributed by atoms with E-state index >= 15 is 0 Å². The van der Waals surface area contributed by atoms with Gasteiger partial charge < -0.3 is 19.7 Å². The number of urea groups is 1. The third kappa shape index (κ3) is 7.57. The van der Waals surface area contributed by atoms with Gasteiger partial charge in [-0.25, -0.2) is 4.79 Å². The smallest absolute Gasteiger partial charge is 0.325 e. The Labute approximate surface area is 102 Å². The fraction of sp³-hybridized carbons (Fsp3) is 0.818. The molecule has 0 aromatic carbocycles. The van der Waals surface area contributed by atoms with Crippen molar-refractivity contribution >= 4 is 12.0 Å². The van der Waals surface area contributed by atoms with Crippen molar-refractivity contribution in [2.75, 3.05) is 40.0 Å². The molecule has 0 aromatic rings. The first kappa shape index (κ1) is 15.7. The van der Waals surface area contributed by atoms with Gasteiger partial charge in [-0.15, -0.1) is 0 Å². The summed E-state index contributed by atoms with van der Waals surface area (Å²) in [5.41, 5.74) is 0. The first-order chi connectivity index (χ1) is 8.15. The first-order valence-corrected chi connectivity index (χ1v) is 5.83. The topological polar surface area (TPSA) is 67.9 Å². The molecule has 6 heteroatoms. The monoisotopic (exact) mass is 246 g/mol. The quantitative estimate of drug-likeness (QED) is 0.637. The van der Waals surface area contributed by atoms with Crippen LogP contribution in [0.1, 0.15) is 20.3 Å². The fourth-order valence-electron chi connectivity index (χ4n) is 1.16. The number of amides is 2. The SMILES string of the molecule is CCCNC(=O)N(CCOC)CC(=O)OCC. The standard InChI is InChI=1S/C11H22N2O4/c1-4-6-12-11(15)13(7-8-16-3)9-10(14)17-5-2/h4-9H2,1-3H3,(H,12,15). The lowest BCUT2D eigenvalue weighted by molar-refractivity contribution is -0.143. The van der Waals surface area contributed by atoms with E-state index in [0.29, 0.717) is 26.3 Å². The van der Waals surface area contributed by atoms with Crippen LogP contribution >= 0.6 is 0 Å². The molecule has 1 N–H and O–H groups in total. The molecule has 0 aliphatic heterocycles. The third-order valence-electron chi connectivity index (χ3n) is 2.00. The molecule has 0 unspecified atom stereocenters. The van der Waals surface area contributed by atoms with Gasteiger partial charge >= 0.3 is 12.0 Å². The van der Waals surface area contributed by atoms with Gasteiger partial charge in [-0.1, -0.05) is 6.92 Å². The molecule has 0 aliphatic rings. The Morgan fingerprint density at radius 2 is 2.00 bits per heavy atom. The normalized spacial score (nSPS) is 9.82. The molecular formula is C11H22N2O4. The molecular weight excluding hydrogens is 224 g/mol. The first-order valence-electron chi connectivity index (χ1n) is 5.83. The number of esters is 1. The molecule has 0 atom stereocenters. The van der Waals surface area contributed by atoms with Crippen LogP contribution in [0.3, 0.4) is 0 Å². The van der Waals surface area contributed by atoms with E-state index in [0.717, 1.165) is 6.42 Å². The minimum Gasteiger partial charge on any atom is -0.465 e. The number of nitrogens with zero attached hydrogens (tertiary/aromatic N) is 1. The van der Waals surface area contributed by atoms with Crippen molar-refractivity contribution in [3.8, 4) is 0 Å². The van der Waals surface area contributed by atoms with E-state index in [1.54, 1.807) is 14.0 Å². The van der Waals surface area contributed by atoms with Crippen LogP contribution in [0.25, 0.3) is 0 Å². The largest absolute Gasteiger partial charge is 0.465 e. The van der Waals surface area contributed by atoms with Gasteiger partial charge in [0.25, 0.3) is 0 Å². The Kier molecular flexibility index (Phi) is 9.14. The highest BCUT2D eigenvalue weighted by Crippen LogP contribution is 1.93. The van der Waals surface area contributed by atoms with Gasteiger partial charge in [-0.2, -0.15) is 0 Å². The van der Waals surface area contributed by atoms with Gasteiger partial charge in [-0.3, -0.25) is 4.79 Å². The van der Waals surface area contributed by atoms with Crippen molar-refractivity contribution in [2.45, 2.75) is 20.3 Å². The van der Waals surface area contributed by atoms with Crippen LogP contribution in [-0.2, 0) is 14.3 Å². The summed E-state index contributed by atoms with van der Waals surface area (Å²) in [5.74, 6) is -0.407. The highest BCUT2D eigenvalue weighted by atomic mass is 16.5. The van der Waals surface area contributed by atoms with Crippen LogP contribution in [0.2, 0.25) is 0 Å². The maximum Gasteiger partial charge on any atom is 0.325 e. The van der Waals surface area contributed by atoms with Crippen LogP contribution in [0.5, 0.6) is 0 Å². The van der Waals surface area contributed by atoms with Crippen LogP contribution < -0.4 is 5.32 Å². The molecule has 17 heavy (non-hydrogen) atoms. The van der Waals surface area contributed by atoms with Crippen molar-refractivity contribution in [3.05, 3.63) is 0 Å². The summed E-state index contributed by atoms with van der Waals surface area (Å²) in [5, 5.41) is 2.71. The summed E-state index contributed by atoms with van der Waals surface area (Å²) < 4.78 is 9.70. The van der Waals surface area contributed by atoms with Gasteiger partial charge in [0.1, 0.15) is 6.54 Å². The summed E-state index contributed by atoms with van der Waals surface area (Å²) in [6.45, 7) is 5.30. The lowest BCUT2D eigenvalue weighted by atomic mass is 10.4. The zero-order valence-corrected chi connectivity index (χ0v) is 10.8. The molecule has 6 nitrogen and oxygen atoms in total. The lowest BCUT2D eigenvalue weighted by Gasteiger charge is -2.21. The molecule has 0 saturated carbocycles. The van der Waals surface area contributed by atoms with Crippen molar-refractivity contribution in [1.29, 1.82) is 0 Å². The van der Waals surface area contributed by atoms with Gasteiger partial charge in [0.2, 0.25) is 0 Å². The maximum absolute atomic E-state index is 11.7. The van der Waals surface area contributed by atoms with Crippen LogP contribution in [0, 0.1) is 0 Å². The number of nitrogens with one attached hydrogen (secondary N) is 1. The van der Waals surface area contributed by atoms with E-state index in [4.69, 9.17) is 9.47 Å². The molecule has 100 valence electrons. The van der Waals surface area contributed by atoms with Gasteiger partial charge in [0.15, 0.2) is 0 Å². The summed E-state index contributed by atoms with van der Waals surface area (Å²) in [4.78, 5) is 24.4. The van der Waals surface area contributed by atoms with Gasteiger partial charge in [-0.05, 0) is 13.3 Å². The predicted molar refractivity (Wildman–Crippen MR) is 63.8 cm³/mol. The van der Waals surface area contributed by atoms with Crippen molar-refractivity contribution in [1.82, 2.24) is 10.2 Å². The number of hydrogen-bond acceptors (Lipinski definition) is 4. The van der Waals surface area contributed by atoms with Gasteiger partial charge in [0, 0.05) is 20.2 Å². The maximum atomic E-state index is 11.7. The molecule has 0 aromatic heterocycles. The predicted octanol–water partition coefficient (Wildman–Crippen LogP) is 0.617. The Bertz CT molecular complexity index is 234. The van der Waals surface area contributed by atoms with Gasteiger partial charge in [0.05, 0.1) is 13.2 Å². The molecule has 0 fully saturated rings. The zero-order valence-electron chi connectivity index (χ0n) is 10.8. The van der Waals surface area contributed by atoms with E-state index in [2.05, 4.69) is 5.32 Å². The number of rotatable bonds is 8. The number of carbonyl (C=O) groups excluding carboxylic acids is 2. The summed E-state index contributed by atoms with van der Waals surface area (Å²) in [6, 6.07) is -0.267. The summed E-state index contributed by atoms with van der Waals surface area (Å²) in [6.07, 6.45) is 0.850. The van der Waals surface area contributed by atoms with E-state index in [9.17, 15) is 9.59 Å².